The summed E-state index contributed by atoms with van der Waals surface area (Å²) in [6.45, 7) is 13.1. The van der Waals surface area contributed by atoms with Gasteiger partial charge in [-0.3, -0.25) is 9.59 Å². The molecule has 1 unspecified atom stereocenters. The van der Waals surface area contributed by atoms with Crippen molar-refractivity contribution in [2.75, 3.05) is 13.2 Å². The molecule has 0 aromatic heterocycles. The SMILES string of the molecule is CCC(C(=O)NCC(C)C)N(Cc1ccccc1C)C(=O)COc1ccc(C(C)C)cc1Br. The molecule has 0 bridgehead atoms. The van der Waals surface area contributed by atoms with Gasteiger partial charge in [-0.1, -0.05) is 65.0 Å². The van der Waals surface area contributed by atoms with Gasteiger partial charge in [0, 0.05) is 13.1 Å². The average Bonchev–Trinajstić information content (AvgIpc) is 2.77. The van der Waals surface area contributed by atoms with Crippen molar-refractivity contribution < 1.29 is 14.3 Å². The molecule has 0 spiro atoms. The number of aryl methyl sites for hydroxylation is 1. The molecule has 6 heteroatoms. The Morgan fingerprint density at radius 3 is 2.36 bits per heavy atom. The van der Waals surface area contributed by atoms with Gasteiger partial charge in [0.25, 0.3) is 5.91 Å². The van der Waals surface area contributed by atoms with Crippen LogP contribution in [-0.2, 0) is 16.1 Å². The number of hydrogen-bond donors (Lipinski definition) is 1. The number of amides is 2. The number of carbonyl (C=O) groups is 2. The molecule has 1 N–H and O–H groups in total. The van der Waals surface area contributed by atoms with E-state index in [4.69, 9.17) is 4.74 Å². The van der Waals surface area contributed by atoms with Crippen LogP contribution in [0.25, 0.3) is 0 Å². The van der Waals surface area contributed by atoms with E-state index in [1.807, 2.05) is 70.2 Å². The summed E-state index contributed by atoms with van der Waals surface area (Å²) in [6, 6.07) is 13.3. The minimum Gasteiger partial charge on any atom is -0.483 e. The van der Waals surface area contributed by atoms with Crippen molar-refractivity contribution >= 4 is 27.7 Å². The van der Waals surface area contributed by atoms with Gasteiger partial charge in [0.05, 0.1) is 4.47 Å². The zero-order valence-corrected chi connectivity index (χ0v) is 22.2. The van der Waals surface area contributed by atoms with Crippen LogP contribution in [0.4, 0.5) is 0 Å². The Morgan fingerprint density at radius 2 is 1.79 bits per heavy atom. The normalized spacial score (nSPS) is 12.0. The quantitative estimate of drug-likeness (QED) is 0.408. The standard InChI is InChI=1S/C27H37BrN2O3/c1-7-24(27(32)29-15-18(2)3)30(16-22-11-9-8-10-20(22)6)26(31)17-33-25-13-12-21(19(4)5)14-23(25)28/h8-14,18-19,24H,7,15-17H2,1-6H3,(H,29,32). The highest BCUT2D eigenvalue weighted by molar-refractivity contribution is 9.10. The van der Waals surface area contributed by atoms with Gasteiger partial charge in [-0.05, 0) is 69.9 Å². The Hall–Kier alpha value is -2.34. The molecule has 0 radical (unpaired) electrons. The van der Waals surface area contributed by atoms with Crippen LogP contribution in [0.3, 0.4) is 0 Å². The maximum Gasteiger partial charge on any atom is 0.261 e. The summed E-state index contributed by atoms with van der Waals surface area (Å²) < 4.78 is 6.70. The zero-order valence-electron chi connectivity index (χ0n) is 20.7. The van der Waals surface area contributed by atoms with E-state index in [0.717, 1.165) is 15.6 Å². The summed E-state index contributed by atoms with van der Waals surface area (Å²) in [4.78, 5) is 28.0. The molecule has 1 atom stereocenters. The highest BCUT2D eigenvalue weighted by atomic mass is 79.9. The predicted octanol–water partition coefficient (Wildman–Crippen LogP) is 5.84. The molecule has 0 aliphatic rings. The predicted molar refractivity (Wildman–Crippen MR) is 137 cm³/mol. The maximum absolute atomic E-state index is 13.4. The summed E-state index contributed by atoms with van der Waals surface area (Å²) in [6.07, 6.45) is 0.522. The number of carbonyl (C=O) groups excluding carboxylic acids is 2. The Bertz CT molecular complexity index is 943. The maximum atomic E-state index is 13.4. The molecule has 180 valence electrons. The molecular weight excluding hydrogens is 480 g/mol. The molecule has 2 amide bonds. The van der Waals surface area contributed by atoms with E-state index in [-0.39, 0.29) is 18.4 Å². The van der Waals surface area contributed by atoms with E-state index in [9.17, 15) is 9.59 Å². The van der Waals surface area contributed by atoms with Crippen LogP contribution in [-0.4, -0.2) is 35.9 Å². The second-order valence-corrected chi connectivity index (χ2v) is 10.00. The van der Waals surface area contributed by atoms with Gasteiger partial charge < -0.3 is 15.0 Å². The first-order chi connectivity index (χ1) is 15.6. The second-order valence-electron chi connectivity index (χ2n) is 9.14. The lowest BCUT2D eigenvalue weighted by Crippen LogP contribution is -2.50. The van der Waals surface area contributed by atoms with Crippen molar-refractivity contribution in [2.24, 2.45) is 5.92 Å². The first-order valence-electron chi connectivity index (χ1n) is 11.7. The number of nitrogens with zero attached hydrogens (tertiary/aromatic N) is 1. The van der Waals surface area contributed by atoms with Gasteiger partial charge in [0.15, 0.2) is 6.61 Å². The highest BCUT2D eigenvalue weighted by Gasteiger charge is 2.29. The molecule has 0 saturated carbocycles. The van der Waals surface area contributed by atoms with Crippen molar-refractivity contribution in [3.05, 3.63) is 63.6 Å². The molecule has 0 heterocycles. The molecule has 33 heavy (non-hydrogen) atoms. The van der Waals surface area contributed by atoms with Crippen LogP contribution < -0.4 is 10.1 Å². The van der Waals surface area contributed by atoms with Gasteiger partial charge >= 0.3 is 0 Å². The van der Waals surface area contributed by atoms with E-state index in [0.29, 0.717) is 37.1 Å². The van der Waals surface area contributed by atoms with Crippen molar-refractivity contribution in [3.8, 4) is 5.75 Å². The van der Waals surface area contributed by atoms with Gasteiger partial charge in [-0.2, -0.15) is 0 Å². The van der Waals surface area contributed by atoms with Crippen molar-refractivity contribution in [1.29, 1.82) is 0 Å². The summed E-state index contributed by atoms with van der Waals surface area (Å²) in [7, 11) is 0. The smallest absolute Gasteiger partial charge is 0.261 e. The molecule has 0 fully saturated rings. The van der Waals surface area contributed by atoms with E-state index in [1.54, 1.807) is 4.90 Å². The van der Waals surface area contributed by atoms with Crippen molar-refractivity contribution in [3.63, 3.8) is 0 Å². The lowest BCUT2D eigenvalue weighted by Gasteiger charge is -2.31. The van der Waals surface area contributed by atoms with E-state index >= 15 is 0 Å². The minimum absolute atomic E-state index is 0.129. The fraction of sp³-hybridized carbons (Fsp3) is 0.481. The molecule has 2 aromatic carbocycles. The monoisotopic (exact) mass is 516 g/mol. The molecule has 0 aliphatic carbocycles. The van der Waals surface area contributed by atoms with Gasteiger partial charge in [0.2, 0.25) is 5.91 Å². The third kappa shape index (κ3) is 7.88. The highest BCUT2D eigenvalue weighted by Crippen LogP contribution is 2.29. The van der Waals surface area contributed by atoms with Crippen molar-refractivity contribution in [1.82, 2.24) is 10.2 Å². The van der Waals surface area contributed by atoms with E-state index < -0.39 is 6.04 Å². The van der Waals surface area contributed by atoms with E-state index in [2.05, 4.69) is 35.1 Å². The molecule has 0 aliphatic heterocycles. The van der Waals surface area contributed by atoms with Gasteiger partial charge in [0.1, 0.15) is 11.8 Å². The summed E-state index contributed by atoms with van der Waals surface area (Å²) in [5.74, 6) is 0.999. The largest absolute Gasteiger partial charge is 0.483 e. The van der Waals surface area contributed by atoms with Crippen LogP contribution in [0, 0.1) is 12.8 Å². The third-order valence-electron chi connectivity index (χ3n) is 5.65. The molecule has 0 saturated heterocycles. The summed E-state index contributed by atoms with van der Waals surface area (Å²) >= 11 is 3.55. The summed E-state index contributed by atoms with van der Waals surface area (Å²) in [5, 5.41) is 2.99. The molecular formula is C27H37BrN2O3. The number of halogens is 1. The van der Waals surface area contributed by atoms with Crippen LogP contribution in [0.15, 0.2) is 46.9 Å². The molecule has 2 rings (SSSR count). The van der Waals surface area contributed by atoms with E-state index in [1.165, 1.54) is 5.56 Å². The zero-order chi connectivity index (χ0) is 24.5. The fourth-order valence-corrected chi connectivity index (χ4v) is 4.04. The Kier molecular flexibility index (Phi) is 10.4. The number of hydrogen-bond acceptors (Lipinski definition) is 3. The number of rotatable bonds is 11. The lowest BCUT2D eigenvalue weighted by molar-refractivity contribution is -0.143. The summed E-state index contributed by atoms with van der Waals surface area (Å²) in [5.41, 5.74) is 3.29. The lowest BCUT2D eigenvalue weighted by atomic mass is 10.0. The first kappa shape index (κ1) is 26.9. The van der Waals surface area contributed by atoms with Gasteiger partial charge in [-0.15, -0.1) is 0 Å². The Balaban J connectivity index is 2.23. The van der Waals surface area contributed by atoms with Crippen LogP contribution in [0.5, 0.6) is 5.75 Å². The Morgan fingerprint density at radius 1 is 1.09 bits per heavy atom. The topological polar surface area (TPSA) is 58.6 Å². The van der Waals surface area contributed by atoms with Crippen LogP contribution >= 0.6 is 15.9 Å². The first-order valence-corrected chi connectivity index (χ1v) is 12.5. The average molecular weight is 518 g/mol. The second kappa shape index (κ2) is 12.8. The number of benzene rings is 2. The van der Waals surface area contributed by atoms with Crippen LogP contribution in [0.2, 0.25) is 0 Å². The minimum atomic E-state index is -0.564. The van der Waals surface area contributed by atoms with Crippen LogP contribution in [0.1, 0.15) is 63.6 Å². The number of ether oxygens (including phenoxy) is 1. The molecule has 2 aromatic rings. The number of nitrogens with one attached hydrogen (secondary N) is 1. The van der Waals surface area contributed by atoms with Gasteiger partial charge in [-0.25, -0.2) is 0 Å². The molecule has 5 nitrogen and oxygen atoms in total. The van der Waals surface area contributed by atoms with Crippen molar-refractivity contribution in [2.45, 2.75) is 66.5 Å². The fourth-order valence-electron chi connectivity index (χ4n) is 3.53. The Labute approximate surface area is 207 Å². The third-order valence-corrected chi connectivity index (χ3v) is 6.27.